The lowest BCUT2D eigenvalue weighted by Crippen LogP contribution is -2.35. The van der Waals surface area contributed by atoms with Crippen LogP contribution in [0.15, 0.2) is 83.7 Å². The van der Waals surface area contributed by atoms with Crippen molar-refractivity contribution in [1.82, 2.24) is 20.3 Å². The average Bonchev–Trinajstić information content (AvgIpc) is 2.82. The SMILES string of the molecule is CC(NC(=O)Cn1nnc2ccccc2c1=O)c1cccc(NC(=O)c2ccccc2)c1. The molecular formula is C24H21N5O3. The minimum Gasteiger partial charge on any atom is -0.348 e. The van der Waals surface area contributed by atoms with Crippen LogP contribution >= 0.6 is 0 Å². The van der Waals surface area contributed by atoms with Gasteiger partial charge in [-0.15, -0.1) is 5.10 Å². The Bertz CT molecular complexity index is 1330. The van der Waals surface area contributed by atoms with Crippen molar-refractivity contribution in [3.05, 3.63) is 100 Å². The van der Waals surface area contributed by atoms with Crippen LogP contribution < -0.4 is 16.2 Å². The lowest BCUT2D eigenvalue weighted by Gasteiger charge is -2.16. The lowest BCUT2D eigenvalue weighted by atomic mass is 10.1. The van der Waals surface area contributed by atoms with E-state index >= 15 is 0 Å². The topological polar surface area (TPSA) is 106 Å². The molecule has 1 aromatic heterocycles. The molecule has 1 atom stereocenters. The second kappa shape index (κ2) is 9.22. The third kappa shape index (κ3) is 4.70. The maximum atomic E-state index is 12.5. The van der Waals surface area contributed by atoms with E-state index in [0.29, 0.717) is 22.2 Å². The number of benzene rings is 3. The van der Waals surface area contributed by atoms with Gasteiger partial charge in [-0.3, -0.25) is 14.4 Å². The number of hydrogen-bond acceptors (Lipinski definition) is 5. The predicted octanol–water partition coefficient (Wildman–Crippen LogP) is 2.92. The van der Waals surface area contributed by atoms with E-state index in [2.05, 4.69) is 20.9 Å². The average molecular weight is 427 g/mol. The summed E-state index contributed by atoms with van der Waals surface area (Å²) >= 11 is 0. The van der Waals surface area contributed by atoms with Crippen molar-refractivity contribution in [1.29, 1.82) is 0 Å². The number of carbonyl (C=O) groups excluding carboxylic acids is 2. The Labute approximate surface area is 183 Å². The van der Waals surface area contributed by atoms with Crippen molar-refractivity contribution < 1.29 is 9.59 Å². The van der Waals surface area contributed by atoms with Crippen molar-refractivity contribution in [2.45, 2.75) is 19.5 Å². The number of fused-ring (bicyclic) bond motifs is 1. The molecule has 0 aliphatic rings. The summed E-state index contributed by atoms with van der Waals surface area (Å²) < 4.78 is 1.04. The van der Waals surface area contributed by atoms with E-state index in [4.69, 9.17) is 0 Å². The minimum absolute atomic E-state index is 0.214. The highest BCUT2D eigenvalue weighted by Gasteiger charge is 2.14. The Hall–Kier alpha value is -4.33. The molecule has 8 heteroatoms. The van der Waals surface area contributed by atoms with Crippen LogP contribution in [0.5, 0.6) is 0 Å². The first kappa shape index (κ1) is 20.9. The van der Waals surface area contributed by atoms with E-state index in [1.165, 1.54) is 0 Å². The zero-order chi connectivity index (χ0) is 22.5. The first-order chi connectivity index (χ1) is 15.5. The van der Waals surface area contributed by atoms with Crippen molar-refractivity contribution in [3.63, 3.8) is 0 Å². The molecule has 160 valence electrons. The second-order valence-electron chi connectivity index (χ2n) is 7.30. The molecule has 0 fully saturated rings. The molecule has 0 saturated carbocycles. The number of hydrogen-bond donors (Lipinski definition) is 2. The van der Waals surface area contributed by atoms with Gasteiger partial charge in [0.15, 0.2) is 0 Å². The molecule has 8 nitrogen and oxygen atoms in total. The van der Waals surface area contributed by atoms with E-state index < -0.39 is 0 Å². The predicted molar refractivity (Wildman–Crippen MR) is 121 cm³/mol. The van der Waals surface area contributed by atoms with E-state index in [-0.39, 0.29) is 30.0 Å². The molecule has 0 radical (unpaired) electrons. The molecule has 0 saturated heterocycles. The van der Waals surface area contributed by atoms with Crippen LogP contribution in [-0.4, -0.2) is 26.8 Å². The Morgan fingerprint density at radius 3 is 2.53 bits per heavy atom. The van der Waals surface area contributed by atoms with Crippen LogP contribution in [0.2, 0.25) is 0 Å². The summed E-state index contributed by atoms with van der Waals surface area (Å²) in [6, 6.07) is 22.7. The zero-order valence-electron chi connectivity index (χ0n) is 17.4. The van der Waals surface area contributed by atoms with Gasteiger partial charge in [-0.05, 0) is 48.9 Å². The summed E-state index contributed by atoms with van der Waals surface area (Å²) in [4.78, 5) is 37.4. The molecule has 4 aromatic rings. The highest BCUT2D eigenvalue weighted by atomic mass is 16.2. The van der Waals surface area contributed by atoms with Gasteiger partial charge in [-0.2, -0.15) is 0 Å². The molecule has 0 bridgehead atoms. The van der Waals surface area contributed by atoms with Crippen LogP contribution in [0.1, 0.15) is 28.9 Å². The van der Waals surface area contributed by atoms with Gasteiger partial charge in [-0.25, -0.2) is 4.68 Å². The molecule has 0 aliphatic carbocycles. The fourth-order valence-electron chi connectivity index (χ4n) is 3.31. The zero-order valence-corrected chi connectivity index (χ0v) is 17.4. The van der Waals surface area contributed by atoms with Gasteiger partial charge >= 0.3 is 0 Å². The molecule has 32 heavy (non-hydrogen) atoms. The van der Waals surface area contributed by atoms with Crippen molar-refractivity contribution in [2.24, 2.45) is 0 Å². The molecule has 0 aliphatic heterocycles. The quantitative estimate of drug-likeness (QED) is 0.492. The highest BCUT2D eigenvalue weighted by molar-refractivity contribution is 6.04. The number of carbonyl (C=O) groups is 2. The molecule has 2 amide bonds. The van der Waals surface area contributed by atoms with E-state index in [0.717, 1.165) is 10.2 Å². The fraction of sp³-hybridized carbons (Fsp3) is 0.125. The van der Waals surface area contributed by atoms with E-state index in [1.54, 1.807) is 66.7 Å². The van der Waals surface area contributed by atoms with Crippen molar-refractivity contribution in [3.8, 4) is 0 Å². The van der Waals surface area contributed by atoms with Crippen LogP contribution in [-0.2, 0) is 11.3 Å². The molecule has 1 heterocycles. The first-order valence-corrected chi connectivity index (χ1v) is 10.1. The van der Waals surface area contributed by atoms with Crippen molar-refractivity contribution >= 4 is 28.4 Å². The van der Waals surface area contributed by atoms with E-state index in [9.17, 15) is 14.4 Å². The number of nitrogens with zero attached hydrogens (tertiary/aromatic N) is 3. The van der Waals surface area contributed by atoms with E-state index in [1.807, 2.05) is 19.1 Å². The first-order valence-electron chi connectivity index (χ1n) is 10.1. The number of aromatic nitrogens is 3. The second-order valence-corrected chi connectivity index (χ2v) is 7.30. The van der Waals surface area contributed by atoms with Gasteiger partial charge in [0, 0.05) is 11.3 Å². The summed E-state index contributed by atoms with van der Waals surface area (Å²) in [5, 5.41) is 14.0. The Morgan fingerprint density at radius 1 is 0.969 bits per heavy atom. The minimum atomic E-state index is -0.372. The third-order valence-electron chi connectivity index (χ3n) is 4.98. The fourth-order valence-corrected chi connectivity index (χ4v) is 3.31. The molecule has 4 rings (SSSR count). The van der Waals surface area contributed by atoms with Gasteiger partial charge in [0.05, 0.1) is 11.4 Å². The smallest absolute Gasteiger partial charge is 0.278 e. The third-order valence-corrected chi connectivity index (χ3v) is 4.98. The summed E-state index contributed by atoms with van der Waals surface area (Å²) in [5.41, 5.74) is 2.09. The number of amides is 2. The van der Waals surface area contributed by atoms with Crippen LogP contribution in [0.3, 0.4) is 0 Å². The van der Waals surface area contributed by atoms with Crippen LogP contribution in [0.25, 0.3) is 10.9 Å². The number of nitrogens with one attached hydrogen (secondary N) is 2. The number of anilines is 1. The normalized spacial score (nSPS) is 11.7. The largest absolute Gasteiger partial charge is 0.348 e. The highest BCUT2D eigenvalue weighted by Crippen LogP contribution is 2.18. The van der Waals surface area contributed by atoms with Gasteiger partial charge in [0.1, 0.15) is 12.1 Å². The standard InChI is InChI=1S/C24H21N5O3/c1-16(18-10-7-11-19(14-18)26-23(31)17-8-3-2-4-9-17)25-22(30)15-29-24(32)20-12-5-6-13-21(20)27-28-29/h2-14,16H,15H2,1H3,(H,25,30)(H,26,31). The van der Waals surface area contributed by atoms with Gasteiger partial charge in [0.2, 0.25) is 5.91 Å². The van der Waals surface area contributed by atoms with Crippen LogP contribution in [0.4, 0.5) is 5.69 Å². The Morgan fingerprint density at radius 2 is 1.72 bits per heavy atom. The molecular weight excluding hydrogens is 406 g/mol. The Kier molecular flexibility index (Phi) is 6.03. The Balaban J connectivity index is 1.43. The van der Waals surface area contributed by atoms with Gasteiger partial charge < -0.3 is 10.6 Å². The summed E-state index contributed by atoms with van der Waals surface area (Å²) in [6.07, 6.45) is 0. The summed E-state index contributed by atoms with van der Waals surface area (Å²) in [7, 11) is 0. The van der Waals surface area contributed by atoms with Gasteiger partial charge in [0.25, 0.3) is 11.5 Å². The molecule has 1 unspecified atom stereocenters. The maximum Gasteiger partial charge on any atom is 0.278 e. The molecule has 3 aromatic carbocycles. The monoisotopic (exact) mass is 427 g/mol. The van der Waals surface area contributed by atoms with Gasteiger partial charge in [-0.1, -0.05) is 47.7 Å². The van der Waals surface area contributed by atoms with Crippen molar-refractivity contribution in [2.75, 3.05) is 5.32 Å². The summed E-state index contributed by atoms with van der Waals surface area (Å²) in [5.74, 6) is -0.586. The van der Waals surface area contributed by atoms with Crippen LogP contribution in [0, 0.1) is 0 Å². The molecule has 0 spiro atoms. The number of rotatable bonds is 6. The molecule has 2 N–H and O–H groups in total. The summed E-state index contributed by atoms with van der Waals surface area (Å²) in [6.45, 7) is 1.58. The maximum absolute atomic E-state index is 12.5. The lowest BCUT2D eigenvalue weighted by molar-refractivity contribution is -0.122.